The quantitative estimate of drug-likeness (QED) is 0.656. The molecule has 2 heteroatoms. The average molecular weight is 206 g/mol. The van der Waals surface area contributed by atoms with Crippen LogP contribution in [0.1, 0.15) is 62.8 Å². The van der Waals surface area contributed by atoms with Crippen molar-refractivity contribution in [3.05, 3.63) is 0 Å². The predicted molar refractivity (Wildman–Crippen MR) is 64.7 cm³/mol. The monoisotopic (exact) mass is 206 g/mol. The Balaban J connectivity index is -0.000000209. The Morgan fingerprint density at radius 2 is 1.00 bits per heavy atom. The summed E-state index contributed by atoms with van der Waals surface area (Å²) >= 11 is 0. The van der Waals surface area contributed by atoms with Crippen LogP contribution >= 0.6 is 0 Å². The van der Waals surface area contributed by atoms with Gasteiger partial charge >= 0.3 is 0 Å². The number of ether oxygens (including phenoxy) is 1. The molecule has 0 aliphatic carbocycles. The van der Waals surface area contributed by atoms with E-state index in [2.05, 4.69) is 41.5 Å². The standard InChI is InChI=1S/C8H18O.C3H8O.CH4/c1-7(2,3)9-8(4,5)6;1-3(2)4;/h1-6H3;3-4H,1-2H3;1H4. The second-order valence-corrected chi connectivity index (χ2v) is 5.42. The van der Waals surface area contributed by atoms with Crippen LogP contribution < -0.4 is 0 Å². The second kappa shape index (κ2) is 7.24. The highest BCUT2D eigenvalue weighted by Gasteiger charge is 2.19. The molecule has 0 spiro atoms. The molecule has 0 atom stereocenters. The second-order valence-electron chi connectivity index (χ2n) is 5.42. The number of rotatable bonds is 0. The number of aliphatic hydroxyl groups is 1. The summed E-state index contributed by atoms with van der Waals surface area (Å²) in [6, 6.07) is 0. The fraction of sp³-hybridized carbons (Fsp3) is 1.00. The lowest BCUT2D eigenvalue weighted by molar-refractivity contribution is -0.102. The molecule has 0 amide bonds. The summed E-state index contributed by atoms with van der Waals surface area (Å²) in [5, 5.41) is 8.06. The van der Waals surface area contributed by atoms with E-state index in [9.17, 15) is 0 Å². The fourth-order valence-corrected chi connectivity index (χ4v) is 0.919. The van der Waals surface area contributed by atoms with Gasteiger partial charge in [0.15, 0.2) is 0 Å². The maximum Gasteiger partial charge on any atom is 0.0605 e. The number of hydrogen-bond donors (Lipinski definition) is 1. The normalized spacial score (nSPS) is 11.6. The molecule has 0 saturated carbocycles. The van der Waals surface area contributed by atoms with E-state index in [1.165, 1.54) is 0 Å². The molecule has 0 aliphatic rings. The van der Waals surface area contributed by atoms with Gasteiger partial charge in [0.1, 0.15) is 0 Å². The Labute approximate surface area is 90.7 Å². The summed E-state index contributed by atoms with van der Waals surface area (Å²) in [4.78, 5) is 0. The third-order valence-electron chi connectivity index (χ3n) is 0.612. The molecular formula is C12H30O2. The SMILES string of the molecule is C.CC(C)(C)OC(C)(C)C.CC(C)O. The van der Waals surface area contributed by atoms with Gasteiger partial charge in [0.05, 0.1) is 11.2 Å². The molecule has 0 bridgehead atoms. The van der Waals surface area contributed by atoms with Crippen molar-refractivity contribution in [3.8, 4) is 0 Å². The molecular weight excluding hydrogens is 176 g/mol. The van der Waals surface area contributed by atoms with Crippen molar-refractivity contribution in [1.29, 1.82) is 0 Å². The Kier molecular flexibility index (Phi) is 10.1. The molecule has 0 saturated heterocycles. The average Bonchev–Trinajstić information content (AvgIpc) is 1.47. The van der Waals surface area contributed by atoms with E-state index in [4.69, 9.17) is 9.84 Å². The Morgan fingerprint density at radius 3 is 1.00 bits per heavy atom. The van der Waals surface area contributed by atoms with Crippen molar-refractivity contribution in [2.45, 2.75) is 80.1 Å². The summed E-state index contributed by atoms with van der Waals surface area (Å²) < 4.78 is 5.62. The summed E-state index contributed by atoms with van der Waals surface area (Å²) in [6.45, 7) is 15.9. The van der Waals surface area contributed by atoms with Crippen molar-refractivity contribution >= 4 is 0 Å². The van der Waals surface area contributed by atoms with Crippen LogP contribution in [0.4, 0.5) is 0 Å². The van der Waals surface area contributed by atoms with Crippen LogP contribution in [0.15, 0.2) is 0 Å². The van der Waals surface area contributed by atoms with Crippen LogP contribution in [-0.2, 0) is 4.74 Å². The summed E-state index contributed by atoms with van der Waals surface area (Å²) in [5.41, 5.74) is -0.0312. The van der Waals surface area contributed by atoms with Gasteiger partial charge in [0, 0.05) is 6.10 Å². The van der Waals surface area contributed by atoms with Crippen LogP contribution in [0.3, 0.4) is 0 Å². The Morgan fingerprint density at radius 1 is 0.857 bits per heavy atom. The van der Waals surface area contributed by atoms with E-state index in [0.717, 1.165) is 0 Å². The van der Waals surface area contributed by atoms with Crippen LogP contribution in [0.2, 0.25) is 0 Å². The molecule has 0 unspecified atom stereocenters. The van der Waals surface area contributed by atoms with Crippen LogP contribution in [-0.4, -0.2) is 22.4 Å². The molecule has 0 aliphatic heterocycles. The maximum absolute atomic E-state index is 8.06. The first-order chi connectivity index (χ1) is 5.44. The van der Waals surface area contributed by atoms with Crippen LogP contribution in [0, 0.1) is 0 Å². The molecule has 2 nitrogen and oxygen atoms in total. The van der Waals surface area contributed by atoms with Gasteiger partial charge in [-0.05, 0) is 55.4 Å². The third-order valence-corrected chi connectivity index (χ3v) is 0.612. The molecule has 90 valence electrons. The van der Waals surface area contributed by atoms with Gasteiger partial charge in [0.2, 0.25) is 0 Å². The summed E-state index contributed by atoms with van der Waals surface area (Å²) in [6.07, 6.45) is -0.167. The highest BCUT2D eigenvalue weighted by atomic mass is 16.5. The molecule has 0 fully saturated rings. The van der Waals surface area contributed by atoms with Gasteiger partial charge in [-0.25, -0.2) is 0 Å². The highest BCUT2D eigenvalue weighted by Crippen LogP contribution is 2.17. The van der Waals surface area contributed by atoms with Crippen LogP contribution in [0.5, 0.6) is 0 Å². The van der Waals surface area contributed by atoms with E-state index in [1.807, 2.05) is 0 Å². The number of aliphatic hydroxyl groups excluding tert-OH is 1. The van der Waals surface area contributed by atoms with E-state index < -0.39 is 0 Å². The molecule has 0 aromatic heterocycles. The predicted octanol–water partition coefficient (Wildman–Crippen LogP) is 3.62. The lowest BCUT2D eigenvalue weighted by atomic mass is 10.1. The minimum Gasteiger partial charge on any atom is -0.394 e. The van der Waals surface area contributed by atoms with Gasteiger partial charge in [-0.15, -0.1) is 0 Å². The molecule has 0 rings (SSSR count). The minimum absolute atomic E-state index is 0. The molecule has 0 heterocycles. The molecule has 1 N–H and O–H groups in total. The lowest BCUT2D eigenvalue weighted by Gasteiger charge is -2.30. The topological polar surface area (TPSA) is 29.5 Å². The van der Waals surface area contributed by atoms with E-state index in [0.29, 0.717) is 0 Å². The zero-order valence-corrected chi connectivity index (χ0v) is 10.4. The molecule has 0 radical (unpaired) electrons. The van der Waals surface area contributed by atoms with Crippen LogP contribution in [0.25, 0.3) is 0 Å². The molecule has 0 aromatic carbocycles. The highest BCUT2D eigenvalue weighted by molar-refractivity contribution is 4.68. The Bertz CT molecular complexity index is 101. The first kappa shape index (κ1) is 19.5. The number of hydrogen-bond acceptors (Lipinski definition) is 2. The molecule has 14 heavy (non-hydrogen) atoms. The fourth-order valence-electron chi connectivity index (χ4n) is 0.919. The lowest BCUT2D eigenvalue weighted by Crippen LogP contribution is -2.31. The van der Waals surface area contributed by atoms with Crippen molar-refractivity contribution in [2.75, 3.05) is 0 Å². The summed E-state index contributed by atoms with van der Waals surface area (Å²) in [7, 11) is 0. The van der Waals surface area contributed by atoms with Crippen molar-refractivity contribution in [1.82, 2.24) is 0 Å². The van der Waals surface area contributed by atoms with Gasteiger partial charge in [-0.2, -0.15) is 0 Å². The zero-order valence-electron chi connectivity index (χ0n) is 10.4. The zero-order chi connectivity index (χ0) is 11.3. The Hall–Kier alpha value is -0.0800. The third kappa shape index (κ3) is 40.6. The van der Waals surface area contributed by atoms with Crippen molar-refractivity contribution < 1.29 is 9.84 Å². The largest absolute Gasteiger partial charge is 0.394 e. The van der Waals surface area contributed by atoms with Gasteiger partial charge in [-0.1, -0.05) is 7.43 Å². The van der Waals surface area contributed by atoms with E-state index in [1.54, 1.807) is 13.8 Å². The smallest absolute Gasteiger partial charge is 0.0605 e. The van der Waals surface area contributed by atoms with Crippen molar-refractivity contribution in [2.24, 2.45) is 0 Å². The first-order valence-electron chi connectivity index (χ1n) is 4.82. The van der Waals surface area contributed by atoms with Gasteiger partial charge in [0.25, 0.3) is 0 Å². The van der Waals surface area contributed by atoms with E-state index in [-0.39, 0.29) is 24.7 Å². The molecule has 0 aromatic rings. The minimum atomic E-state index is -0.167. The van der Waals surface area contributed by atoms with Gasteiger partial charge < -0.3 is 9.84 Å². The first-order valence-corrected chi connectivity index (χ1v) is 4.82. The van der Waals surface area contributed by atoms with Crippen molar-refractivity contribution in [3.63, 3.8) is 0 Å². The summed E-state index contributed by atoms with van der Waals surface area (Å²) in [5.74, 6) is 0. The van der Waals surface area contributed by atoms with Gasteiger partial charge in [-0.3, -0.25) is 0 Å². The van der Waals surface area contributed by atoms with E-state index >= 15 is 0 Å². The maximum atomic E-state index is 8.06.